The normalized spacial score (nSPS) is 26.7. The van der Waals surface area contributed by atoms with Crippen LogP contribution in [0.3, 0.4) is 0 Å². The second-order valence-electron chi connectivity index (χ2n) is 5.86. The third-order valence-corrected chi connectivity index (χ3v) is 4.41. The van der Waals surface area contributed by atoms with E-state index in [2.05, 4.69) is 0 Å². The molecule has 0 saturated heterocycles. The van der Waals surface area contributed by atoms with Crippen molar-refractivity contribution in [3.8, 4) is 0 Å². The van der Waals surface area contributed by atoms with Crippen LogP contribution in [0.1, 0.15) is 38.2 Å². The Kier molecular flexibility index (Phi) is 6.31. The molecule has 0 unspecified atom stereocenters. The largest absolute Gasteiger partial charge is 0.466 e. The molecule has 132 valence electrons. The summed E-state index contributed by atoms with van der Waals surface area (Å²) in [5.41, 5.74) is 0.607. The number of rotatable bonds is 5. The Morgan fingerprint density at radius 3 is 2.25 bits per heavy atom. The molecule has 0 aromatic heterocycles. The zero-order chi connectivity index (χ0) is 17.7. The van der Waals surface area contributed by atoms with Crippen LogP contribution in [0.25, 0.3) is 0 Å². The van der Waals surface area contributed by atoms with Gasteiger partial charge in [0.2, 0.25) is 0 Å². The second kappa shape index (κ2) is 8.24. The number of aliphatic hydroxyl groups is 1. The van der Waals surface area contributed by atoms with Crippen LogP contribution in [0.15, 0.2) is 24.3 Å². The number of carbonyl (C=O) groups excluding carboxylic acids is 2. The van der Waals surface area contributed by atoms with Gasteiger partial charge in [-0.25, -0.2) is 4.39 Å². The Labute approximate surface area is 140 Å². The topological polar surface area (TPSA) is 72.8 Å². The van der Waals surface area contributed by atoms with Gasteiger partial charge in [0.05, 0.1) is 31.2 Å². The molecule has 1 aromatic rings. The molecule has 1 aromatic carbocycles. The van der Waals surface area contributed by atoms with Gasteiger partial charge >= 0.3 is 11.9 Å². The first-order valence-electron chi connectivity index (χ1n) is 8.26. The fourth-order valence-corrected chi connectivity index (χ4v) is 3.38. The predicted octanol–water partition coefficient (Wildman–Crippen LogP) is 2.42. The first-order valence-corrected chi connectivity index (χ1v) is 8.26. The van der Waals surface area contributed by atoms with Crippen LogP contribution in [-0.4, -0.2) is 36.4 Å². The summed E-state index contributed by atoms with van der Waals surface area (Å²) in [6.07, 6.45) is -0.0988. The molecular formula is C18H23FO5. The zero-order valence-corrected chi connectivity index (χ0v) is 13.9. The van der Waals surface area contributed by atoms with Crippen LogP contribution in [0, 0.1) is 17.7 Å². The molecule has 1 aliphatic rings. The molecule has 6 heteroatoms. The summed E-state index contributed by atoms with van der Waals surface area (Å²) in [7, 11) is 0. The number of aliphatic hydroxyl groups excluding tert-OH is 1. The minimum Gasteiger partial charge on any atom is -0.466 e. The molecule has 24 heavy (non-hydrogen) atoms. The van der Waals surface area contributed by atoms with Gasteiger partial charge in [-0.1, -0.05) is 12.1 Å². The van der Waals surface area contributed by atoms with Gasteiger partial charge in [-0.15, -0.1) is 0 Å². The molecule has 5 nitrogen and oxygen atoms in total. The lowest BCUT2D eigenvalue weighted by molar-refractivity contribution is -0.166. The highest BCUT2D eigenvalue weighted by Gasteiger charge is 2.48. The molecule has 0 radical (unpaired) electrons. The van der Waals surface area contributed by atoms with Gasteiger partial charge in [-0.05, 0) is 44.4 Å². The maximum absolute atomic E-state index is 13.2. The van der Waals surface area contributed by atoms with Gasteiger partial charge in [0.25, 0.3) is 0 Å². The third kappa shape index (κ3) is 3.93. The van der Waals surface area contributed by atoms with Crippen molar-refractivity contribution in [3.63, 3.8) is 0 Å². The molecule has 0 bridgehead atoms. The number of hydrogen-bond acceptors (Lipinski definition) is 5. The lowest BCUT2D eigenvalue weighted by atomic mass is 9.67. The second-order valence-corrected chi connectivity index (χ2v) is 5.86. The van der Waals surface area contributed by atoms with Crippen molar-refractivity contribution < 1.29 is 28.6 Å². The quantitative estimate of drug-likeness (QED) is 0.835. The Morgan fingerprint density at radius 1 is 1.08 bits per heavy atom. The summed E-state index contributed by atoms with van der Waals surface area (Å²) < 4.78 is 23.4. The minimum atomic E-state index is -0.849. The monoisotopic (exact) mass is 338 g/mol. The SMILES string of the molecule is CCOC(=O)[C@H]1[C@H](c2ccc(F)cc2)[C@@H](O)CC[C@@H]1C(=O)OCC. The highest BCUT2D eigenvalue weighted by molar-refractivity contribution is 5.83. The van der Waals surface area contributed by atoms with E-state index in [-0.39, 0.29) is 13.2 Å². The van der Waals surface area contributed by atoms with E-state index >= 15 is 0 Å². The molecule has 0 heterocycles. The van der Waals surface area contributed by atoms with Gasteiger partial charge in [0.15, 0.2) is 0 Å². The summed E-state index contributed by atoms with van der Waals surface area (Å²) in [5.74, 6) is -3.56. The average Bonchev–Trinajstić information content (AvgIpc) is 2.56. The van der Waals surface area contributed by atoms with Gasteiger partial charge in [0.1, 0.15) is 5.82 Å². The van der Waals surface area contributed by atoms with Crippen molar-refractivity contribution in [2.24, 2.45) is 11.8 Å². The summed E-state index contributed by atoms with van der Waals surface area (Å²) >= 11 is 0. The number of ether oxygens (including phenoxy) is 2. The van der Waals surface area contributed by atoms with Crippen molar-refractivity contribution in [2.75, 3.05) is 13.2 Å². The number of halogens is 1. The lowest BCUT2D eigenvalue weighted by Crippen LogP contribution is -2.45. The fourth-order valence-electron chi connectivity index (χ4n) is 3.38. The maximum atomic E-state index is 13.2. The Hall–Kier alpha value is -1.95. The summed E-state index contributed by atoms with van der Waals surface area (Å²) in [5, 5.41) is 10.5. The Bertz CT molecular complexity index is 571. The molecule has 0 amide bonds. The van der Waals surface area contributed by atoms with Crippen molar-refractivity contribution >= 4 is 11.9 Å². The molecule has 0 aliphatic heterocycles. The van der Waals surface area contributed by atoms with E-state index in [0.717, 1.165) is 0 Å². The van der Waals surface area contributed by atoms with Crippen molar-refractivity contribution in [2.45, 2.75) is 38.7 Å². The van der Waals surface area contributed by atoms with Gasteiger partial charge in [-0.3, -0.25) is 9.59 Å². The predicted molar refractivity (Wildman–Crippen MR) is 84.6 cm³/mol. The molecule has 1 saturated carbocycles. The van der Waals surface area contributed by atoms with Gasteiger partial charge in [0, 0.05) is 5.92 Å². The Balaban J connectivity index is 2.40. The van der Waals surface area contributed by atoms with Crippen molar-refractivity contribution in [1.29, 1.82) is 0 Å². The fraction of sp³-hybridized carbons (Fsp3) is 0.556. The zero-order valence-electron chi connectivity index (χ0n) is 13.9. The molecular weight excluding hydrogens is 315 g/mol. The van der Waals surface area contributed by atoms with Crippen LogP contribution in [0.4, 0.5) is 4.39 Å². The van der Waals surface area contributed by atoms with E-state index in [1.54, 1.807) is 13.8 Å². The summed E-state index contributed by atoms with van der Waals surface area (Å²) in [6, 6.07) is 5.61. The molecule has 1 fully saturated rings. The first-order chi connectivity index (χ1) is 11.5. The highest BCUT2D eigenvalue weighted by Crippen LogP contribution is 2.43. The van der Waals surface area contributed by atoms with E-state index in [1.165, 1.54) is 24.3 Å². The van der Waals surface area contributed by atoms with Crippen LogP contribution < -0.4 is 0 Å². The number of carbonyl (C=O) groups is 2. The number of benzene rings is 1. The summed E-state index contributed by atoms with van der Waals surface area (Å²) in [6.45, 7) is 3.78. The molecule has 2 rings (SSSR count). The standard InChI is InChI=1S/C18H23FO5/c1-3-23-17(21)13-9-10-14(20)15(16(13)18(22)24-4-2)11-5-7-12(19)8-6-11/h5-8,13-16,20H,3-4,9-10H2,1-2H3/t13-,14-,15+,16+/m0/s1. The van der Waals surface area contributed by atoms with Crippen molar-refractivity contribution in [3.05, 3.63) is 35.6 Å². The summed E-state index contributed by atoms with van der Waals surface area (Å²) in [4.78, 5) is 24.8. The van der Waals surface area contributed by atoms with E-state index in [4.69, 9.17) is 9.47 Å². The first kappa shape index (κ1) is 18.4. The van der Waals surface area contributed by atoms with Gasteiger partial charge < -0.3 is 14.6 Å². The van der Waals surface area contributed by atoms with Gasteiger partial charge in [-0.2, -0.15) is 0 Å². The molecule has 1 aliphatic carbocycles. The van der Waals surface area contributed by atoms with Crippen molar-refractivity contribution in [1.82, 2.24) is 0 Å². The van der Waals surface area contributed by atoms with Crippen LogP contribution in [-0.2, 0) is 19.1 Å². The van der Waals surface area contributed by atoms with Crippen LogP contribution in [0.5, 0.6) is 0 Å². The van der Waals surface area contributed by atoms with E-state index in [1.807, 2.05) is 0 Å². The van der Waals surface area contributed by atoms with Crippen LogP contribution >= 0.6 is 0 Å². The third-order valence-electron chi connectivity index (χ3n) is 4.41. The number of hydrogen-bond donors (Lipinski definition) is 1. The van der Waals surface area contributed by atoms with E-state index < -0.39 is 41.6 Å². The lowest BCUT2D eigenvalue weighted by Gasteiger charge is -2.38. The smallest absolute Gasteiger partial charge is 0.310 e. The maximum Gasteiger partial charge on any atom is 0.310 e. The van der Waals surface area contributed by atoms with Crippen LogP contribution in [0.2, 0.25) is 0 Å². The highest BCUT2D eigenvalue weighted by atomic mass is 19.1. The Morgan fingerprint density at radius 2 is 1.67 bits per heavy atom. The van der Waals surface area contributed by atoms with E-state index in [0.29, 0.717) is 18.4 Å². The number of esters is 2. The molecule has 0 spiro atoms. The molecule has 1 N–H and O–H groups in total. The average molecular weight is 338 g/mol. The molecule has 4 atom stereocenters. The minimum absolute atomic E-state index is 0.178. The van der Waals surface area contributed by atoms with E-state index in [9.17, 15) is 19.1 Å².